The molecule has 0 unspecified atom stereocenters. The Hall–Kier alpha value is -0.780. The molecule has 1 aromatic rings. The minimum absolute atomic E-state index is 1.19. The van der Waals surface area contributed by atoms with Crippen LogP contribution in [0.1, 0.15) is 76.3 Å². The van der Waals surface area contributed by atoms with Gasteiger partial charge in [-0.05, 0) is 36.8 Å². The summed E-state index contributed by atoms with van der Waals surface area (Å²) in [6.45, 7) is 4.50. The molecule has 0 saturated carbocycles. The Kier molecular flexibility index (Phi) is 8.63. The van der Waals surface area contributed by atoms with Gasteiger partial charge in [0.25, 0.3) is 0 Å². The molecule has 0 heteroatoms. The smallest absolute Gasteiger partial charge is 0.00932 e. The second-order valence-electron chi connectivity index (χ2n) is 5.25. The van der Waals surface area contributed by atoms with E-state index in [2.05, 4.69) is 44.5 Å². The maximum absolute atomic E-state index is 2.33. The van der Waals surface area contributed by atoms with Crippen LogP contribution in [0.5, 0.6) is 0 Å². The molecule has 0 amide bonds. The second kappa shape index (κ2) is 10.2. The minimum atomic E-state index is 1.19. The van der Waals surface area contributed by atoms with Crippen LogP contribution in [0.3, 0.4) is 0 Å². The standard InChI is InChI=1S/C18H29/c1-3-5-7-8-9-10-12-18-15-13-17(14-16-18)11-6-4-2/h11,13-16H,3-10,12H2,1-2H3. The van der Waals surface area contributed by atoms with Gasteiger partial charge in [-0.15, -0.1) is 0 Å². The average molecular weight is 245 g/mol. The Bertz CT molecular complexity index is 283. The van der Waals surface area contributed by atoms with Crippen LogP contribution in [0.25, 0.3) is 0 Å². The number of hydrogen-bond acceptors (Lipinski definition) is 0. The second-order valence-corrected chi connectivity index (χ2v) is 5.25. The van der Waals surface area contributed by atoms with Crippen LogP contribution in [0.15, 0.2) is 24.3 Å². The molecule has 0 aliphatic carbocycles. The third kappa shape index (κ3) is 6.83. The van der Waals surface area contributed by atoms with Gasteiger partial charge >= 0.3 is 0 Å². The quantitative estimate of drug-likeness (QED) is 0.447. The Morgan fingerprint density at radius 2 is 1.44 bits per heavy atom. The zero-order chi connectivity index (χ0) is 13.1. The van der Waals surface area contributed by atoms with Crippen molar-refractivity contribution < 1.29 is 0 Å². The van der Waals surface area contributed by atoms with Gasteiger partial charge < -0.3 is 0 Å². The van der Waals surface area contributed by atoms with Crippen LogP contribution in [0.2, 0.25) is 0 Å². The Labute approximate surface area is 114 Å². The molecular formula is C18H29. The predicted octanol–water partition coefficient (Wildman–Crippen LogP) is 5.94. The molecule has 1 aromatic carbocycles. The first-order valence-electron chi connectivity index (χ1n) is 7.79. The molecule has 18 heavy (non-hydrogen) atoms. The number of benzene rings is 1. The predicted molar refractivity (Wildman–Crippen MR) is 81.8 cm³/mol. The largest absolute Gasteiger partial charge is 0.0654 e. The van der Waals surface area contributed by atoms with Crippen molar-refractivity contribution in [1.29, 1.82) is 0 Å². The fourth-order valence-corrected chi connectivity index (χ4v) is 2.24. The molecule has 1 rings (SSSR count). The number of aryl methyl sites for hydroxylation is 1. The third-order valence-corrected chi connectivity index (χ3v) is 3.47. The van der Waals surface area contributed by atoms with Crippen molar-refractivity contribution >= 4 is 0 Å². The SMILES string of the molecule is CCC[CH]c1ccc(CCCCCCCC)cc1. The van der Waals surface area contributed by atoms with Gasteiger partial charge in [-0.3, -0.25) is 0 Å². The molecule has 0 aliphatic heterocycles. The topological polar surface area (TPSA) is 0 Å². The van der Waals surface area contributed by atoms with Crippen LogP contribution >= 0.6 is 0 Å². The van der Waals surface area contributed by atoms with E-state index >= 15 is 0 Å². The molecule has 0 saturated heterocycles. The summed E-state index contributed by atoms with van der Waals surface area (Å²) in [5.74, 6) is 0. The van der Waals surface area contributed by atoms with Gasteiger partial charge in [0, 0.05) is 0 Å². The lowest BCUT2D eigenvalue weighted by molar-refractivity contribution is 0.607. The summed E-state index contributed by atoms with van der Waals surface area (Å²) in [7, 11) is 0. The first-order valence-corrected chi connectivity index (χ1v) is 7.79. The van der Waals surface area contributed by atoms with Crippen LogP contribution in [0, 0.1) is 6.42 Å². The molecule has 0 fully saturated rings. The van der Waals surface area contributed by atoms with Crippen LogP contribution in [0.4, 0.5) is 0 Å². The van der Waals surface area contributed by atoms with E-state index in [0.29, 0.717) is 0 Å². The summed E-state index contributed by atoms with van der Waals surface area (Å²) in [5, 5.41) is 0. The molecule has 0 aliphatic rings. The maximum atomic E-state index is 2.33. The molecule has 0 spiro atoms. The zero-order valence-electron chi connectivity index (χ0n) is 12.3. The lowest BCUT2D eigenvalue weighted by Crippen LogP contribution is -1.88. The van der Waals surface area contributed by atoms with E-state index in [0.717, 1.165) is 0 Å². The van der Waals surface area contributed by atoms with Gasteiger partial charge in [0.15, 0.2) is 0 Å². The fourth-order valence-electron chi connectivity index (χ4n) is 2.24. The summed E-state index contributed by atoms with van der Waals surface area (Å²) < 4.78 is 0. The molecule has 0 heterocycles. The summed E-state index contributed by atoms with van der Waals surface area (Å²) in [5.41, 5.74) is 2.88. The van der Waals surface area contributed by atoms with E-state index in [-0.39, 0.29) is 0 Å². The Morgan fingerprint density at radius 1 is 0.778 bits per heavy atom. The lowest BCUT2D eigenvalue weighted by atomic mass is 10.0. The number of hydrogen-bond donors (Lipinski definition) is 0. The normalized spacial score (nSPS) is 10.8. The van der Waals surface area contributed by atoms with Crippen molar-refractivity contribution in [3.05, 3.63) is 41.8 Å². The first-order chi connectivity index (χ1) is 8.86. The van der Waals surface area contributed by atoms with Crippen molar-refractivity contribution in [3.8, 4) is 0 Å². The van der Waals surface area contributed by atoms with E-state index < -0.39 is 0 Å². The monoisotopic (exact) mass is 245 g/mol. The maximum Gasteiger partial charge on any atom is -0.00932 e. The van der Waals surface area contributed by atoms with Crippen molar-refractivity contribution in [2.75, 3.05) is 0 Å². The van der Waals surface area contributed by atoms with Gasteiger partial charge in [0.05, 0.1) is 0 Å². The van der Waals surface area contributed by atoms with Crippen molar-refractivity contribution in [3.63, 3.8) is 0 Å². The lowest BCUT2D eigenvalue weighted by Gasteiger charge is -2.04. The molecule has 0 nitrogen and oxygen atoms in total. The van der Waals surface area contributed by atoms with Gasteiger partial charge in [-0.25, -0.2) is 0 Å². The summed E-state index contributed by atoms with van der Waals surface area (Å²) in [4.78, 5) is 0. The van der Waals surface area contributed by atoms with E-state index in [9.17, 15) is 0 Å². The molecule has 0 N–H and O–H groups in total. The van der Waals surface area contributed by atoms with Crippen molar-refractivity contribution in [2.45, 2.75) is 71.6 Å². The highest BCUT2D eigenvalue weighted by atomic mass is 14.0. The molecule has 0 aromatic heterocycles. The number of rotatable bonds is 10. The molecule has 0 bridgehead atoms. The average Bonchev–Trinajstić information content (AvgIpc) is 2.42. The Morgan fingerprint density at radius 3 is 2.11 bits per heavy atom. The first kappa shape index (κ1) is 15.3. The van der Waals surface area contributed by atoms with Gasteiger partial charge in [-0.1, -0.05) is 76.6 Å². The summed E-state index contributed by atoms with van der Waals surface area (Å²) in [6.07, 6.45) is 14.3. The van der Waals surface area contributed by atoms with Crippen LogP contribution < -0.4 is 0 Å². The van der Waals surface area contributed by atoms with E-state index in [1.807, 2.05) is 0 Å². The zero-order valence-corrected chi connectivity index (χ0v) is 12.3. The molecule has 0 atom stereocenters. The fraction of sp³-hybridized carbons (Fsp3) is 0.611. The van der Waals surface area contributed by atoms with Crippen LogP contribution in [-0.4, -0.2) is 0 Å². The van der Waals surface area contributed by atoms with Crippen molar-refractivity contribution in [1.82, 2.24) is 0 Å². The highest BCUT2D eigenvalue weighted by Crippen LogP contribution is 2.13. The highest BCUT2D eigenvalue weighted by Gasteiger charge is 1.96. The minimum Gasteiger partial charge on any atom is -0.0654 e. The van der Waals surface area contributed by atoms with Crippen LogP contribution in [-0.2, 0) is 6.42 Å². The molecule has 101 valence electrons. The van der Waals surface area contributed by atoms with Crippen molar-refractivity contribution in [2.24, 2.45) is 0 Å². The number of unbranched alkanes of at least 4 members (excludes halogenated alkanes) is 6. The van der Waals surface area contributed by atoms with E-state index in [1.165, 1.54) is 68.9 Å². The summed E-state index contributed by atoms with van der Waals surface area (Å²) >= 11 is 0. The highest BCUT2D eigenvalue weighted by molar-refractivity contribution is 5.27. The Balaban J connectivity index is 2.14. The van der Waals surface area contributed by atoms with Gasteiger partial charge in [-0.2, -0.15) is 0 Å². The molecule has 1 radical (unpaired) electrons. The van der Waals surface area contributed by atoms with E-state index in [1.54, 1.807) is 0 Å². The van der Waals surface area contributed by atoms with Gasteiger partial charge in [0.1, 0.15) is 0 Å². The summed E-state index contributed by atoms with van der Waals surface area (Å²) in [6, 6.07) is 9.13. The third-order valence-electron chi connectivity index (χ3n) is 3.47. The molecular weight excluding hydrogens is 216 g/mol. The van der Waals surface area contributed by atoms with Gasteiger partial charge in [0.2, 0.25) is 0 Å². The van der Waals surface area contributed by atoms with E-state index in [4.69, 9.17) is 0 Å².